The fraction of sp³-hybridized carbons (Fsp3) is 0.562. The second-order valence-electron chi connectivity index (χ2n) is 6.43. The van der Waals surface area contributed by atoms with E-state index in [9.17, 15) is 4.79 Å². The van der Waals surface area contributed by atoms with E-state index in [0.717, 1.165) is 4.47 Å². The van der Waals surface area contributed by atoms with Crippen LogP contribution < -0.4 is 9.47 Å². The van der Waals surface area contributed by atoms with Crippen molar-refractivity contribution in [3.8, 4) is 11.5 Å². The second kappa shape index (κ2) is 4.76. The van der Waals surface area contributed by atoms with Crippen LogP contribution in [0.15, 0.2) is 16.6 Å². The maximum Gasteiger partial charge on any atom is 0.170 e. The van der Waals surface area contributed by atoms with Crippen LogP contribution in [0.1, 0.15) is 38.1 Å². The average molecular weight is 341 g/mol. The summed E-state index contributed by atoms with van der Waals surface area (Å²) in [5.74, 6) is 1.36. The topological polar surface area (TPSA) is 35.5 Å². The number of ether oxygens (including phenoxy) is 2. The Labute approximate surface area is 128 Å². The number of Topliss-reactive ketones (excluding diaryl/α,β-unsaturated/α-hetero) is 1. The zero-order valence-corrected chi connectivity index (χ0v) is 14.4. The largest absolute Gasteiger partial charge is 0.496 e. The summed E-state index contributed by atoms with van der Waals surface area (Å²) in [6.45, 7) is 8.55. The Morgan fingerprint density at radius 3 is 1.95 bits per heavy atom. The molecule has 0 unspecified atom stereocenters. The maximum atomic E-state index is 12.8. The van der Waals surface area contributed by atoms with Crippen molar-refractivity contribution in [1.29, 1.82) is 0 Å². The van der Waals surface area contributed by atoms with E-state index in [4.69, 9.17) is 9.47 Å². The van der Waals surface area contributed by atoms with E-state index in [1.807, 2.05) is 0 Å². The molecule has 1 aromatic carbocycles. The van der Waals surface area contributed by atoms with Crippen molar-refractivity contribution in [2.75, 3.05) is 14.2 Å². The standard InChI is InChI=1S/C16H21BrO3/c1-15(2)14(16(15,3)4)13(18)9-7-12(20-6)10(17)8-11(9)19-5/h7-8,14H,1-6H3. The molecule has 0 spiro atoms. The molecule has 0 amide bonds. The summed E-state index contributed by atoms with van der Waals surface area (Å²) in [6.07, 6.45) is 0. The Kier molecular flexibility index (Phi) is 3.66. The van der Waals surface area contributed by atoms with Crippen molar-refractivity contribution in [2.45, 2.75) is 27.7 Å². The Hall–Kier alpha value is -1.03. The average Bonchev–Trinajstić information content (AvgIpc) is 2.78. The highest BCUT2D eigenvalue weighted by Gasteiger charge is 2.68. The van der Waals surface area contributed by atoms with E-state index < -0.39 is 0 Å². The van der Waals surface area contributed by atoms with Crippen LogP contribution in [0.5, 0.6) is 11.5 Å². The van der Waals surface area contributed by atoms with E-state index in [1.165, 1.54) is 0 Å². The molecule has 0 saturated heterocycles. The Morgan fingerprint density at radius 2 is 1.55 bits per heavy atom. The molecule has 4 heteroatoms. The van der Waals surface area contributed by atoms with E-state index in [-0.39, 0.29) is 22.5 Å². The lowest BCUT2D eigenvalue weighted by atomic mass is 10.00. The zero-order chi connectivity index (χ0) is 15.3. The number of hydrogen-bond donors (Lipinski definition) is 0. The summed E-state index contributed by atoms with van der Waals surface area (Å²) in [6, 6.07) is 3.55. The van der Waals surface area contributed by atoms with Crippen molar-refractivity contribution in [3.63, 3.8) is 0 Å². The minimum atomic E-state index is 0.00906. The molecule has 20 heavy (non-hydrogen) atoms. The molecule has 0 bridgehead atoms. The monoisotopic (exact) mass is 340 g/mol. The van der Waals surface area contributed by atoms with Gasteiger partial charge in [-0.05, 0) is 38.9 Å². The second-order valence-corrected chi connectivity index (χ2v) is 7.28. The summed E-state index contributed by atoms with van der Waals surface area (Å²) in [7, 11) is 3.17. The molecular weight excluding hydrogens is 320 g/mol. The molecule has 1 aromatic rings. The number of benzene rings is 1. The van der Waals surface area contributed by atoms with Gasteiger partial charge in [-0.25, -0.2) is 0 Å². The summed E-state index contributed by atoms with van der Waals surface area (Å²) in [4.78, 5) is 12.8. The molecule has 110 valence electrons. The third-order valence-corrected chi connectivity index (χ3v) is 5.64. The lowest BCUT2D eigenvalue weighted by Gasteiger charge is -2.12. The molecule has 0 radical (unpaired) electrons. The van der Waals surface area contributed by atoms with Crippen LogP contribution in [-0.2, 0) is 0 Å². The molecule has 0 atom stereocenters. The molecular formula is C16H21BrO3. The maximum absolute atomic E-state index is 12.8. The predicted octanol–water partition coefficient (Wildman–Crippen LogP) is 4.33. The highest BCUT2D eigenvalue weighted by molar-refractivity contribution is 9.10. The van der Waals surface area contributed by atoms with Crippen molar-refractivity contribution in [2.24, 2.45) is 16.7 Å². The van der Waals surface area contributed by atoms with Crippen LogP contribution in [0.25, 0.3) is 0 Å². The van der Waals surface area contributed by atoms with Gasteiger partial charge in [0.25, 0.3) is 0 Å². The van der Waals surface area contributed by atoms with Gasteiger partial charge < -0.3 is 9.47 Å². The van der Waals surface area contributed by atoms with Crippen LogP contribution >= 0.6 is 15.9 Å². The number of rotatable bonds is 4. The lowest BCUT2D eigenvalue weighted by Crippen LogP contribution is -2.10. The zero-order valence-electron chi connectivity index (χ0n) is 12.8. The van der Waals surface area contributed by atoms with Crippen LogP contribution in [-0.4, -0.2) is 20.0 Å². The number of methoxy groups -OCH3 is 2. The van der Waals surface area contributed by atoms with Crippen molar-refractivity contribution < 1.29 is 14.3 Å². The van der Waals surface area contributed by atoms with Gasteiger partial charge in [0.1, 0.15) is 11.5 Å². The third-order valence-electron chi connectivity index (χ3n) is 5.02. The van der Waals surface area contributed by atoms with Crippen molar-refractivity contribution in [3.05, 3.63) is 22.2 Å². The van der Waals surface area contributed by atoms with Crippen LogP contribution in [0.3, 0.4) is 0 Å². The molecule has 2 rings (SSSR count). The Morgan fingerprint density at radius 1 is 1.05 bits per heavy atom. The molecule has 1 saturated carbocycles. The first-order valence-electron chi connectivity index (χ1n) is 6.64. The van der Waals surface area contributed by atoms with Gasteiger partial charge in [-0.2, -0.15) is 0 Å². The minimum Gasteiger partial charge on any atom is -0.496 e. The first-order valence-corrected chi connectivity index (χ1v) is 7.43. The van der Waals surface area contributed by atoms with Gasteiger partial charge in [0.2, 0.25) is 0 Å². The number of ketones is 1. The summed E-state index contributed by atoms with van der Waals surface area (Å²) in [5, 5.41) is 0. The van der Waals surface area contributed by atoms with Crippen LogP contribution in [0.2, 0.25) is 0 Å². The van der Waals surface area contributed by atoms with E-state index >= 15 is 0 Å². The van der Waals surface area contributed by atoms with Crippen molar-refractivity contribution in [1.82, 2.24) is 0 Å². The van der Waals surface area contributed by atoms with E-state index in [0.29, 0.717) is 17.1 Å². The first-order chi connectivity index (χ1) is 9.18. The minimum absolute atomic E-state index is 0.00906. The third kappa shape index (κ3) is 2.05. The molecule has 0 heterocycles. The molecule has 0 N–H and O–H groups in total. The van der Waals surface area contributed by atoms with Gasteiger partial charge in [-0.3, -0.25) is 4.79 Å². The molecule has 0 aliphatic heterocycles. The highest BCUT2D eigenvalue weighted by atomic mass is 79.9. The normalized spacial score (nSPS) is 19.6. The number of hydrogen-bond acceptors (Lipinski definition) is 3. The quantitative estimate of drug-likeness (QED) is 0.765. The number of carbonyl (C=O) groups is 1. The van der Waals surface area contributed by atoms with Crippen LogP contribution in [0, 0.1) is 16.7 Å². The Bertz CT molecular complexity index is 547. The van der Waals surface area contributed by atoms with Gasteiger partial charge in [-0.1, -0.05) is 27.7 Å². The lowest BCUT2D eigenvalue weighted by molar-refractivity contribution is 0.0941. The fourth-order valence-corrected chi connectivity index (χ4v) is 3.54. The summed E-state index contributed by atoms with van der Waals surface area (Å²) in [5.41, 5.74) is 0.612. The predicted molar refractivity (Wildman–Crippen MR) is 82.6 cm³/mol. The van der Waals surface area contributed by atoms with Gasteiger partial charge in [0.15, 0.2) is 5.78 Å². The van der Waals surface area contributed by atoms with Gasteiger partial charge in [0.05, 0.1) is 24.3 Å². The smallest absolute Gasteiger partial charge is 0.170 e. The Balaban J connectivity index is 2.46. The fourth-order valence-electron chi connectivity index (χ4n) is 3.06. The molecule has 0 aromatic heterocycles. The molecule has 1 aliphatic carbocycles. The van der Waals surface area contributed by atoms with Gasteiger partial charge >= 0.3 is 0 Å². The number of carbonyl (C=O) groups excluding carboxylic acids is 1. The van der Waals surface area contributed by atoms with Gasteiger partial charge in [-0.15, -0.1) is 0 Å². The van der Waals surface area contributed by atoms with E-state index in [2.05, 4.69) is 43.6 Å². The highest BCUT2D eigenvalue weighted by Crippen LogP contribution is 2.69. The van der Waals surface area contributed by atoms with E-state index in [1.54, 1.807) is 26.4 Å². The molecule has 1 fully saturated rings. The first kappa shape index (κ1) is 15.4. The SMILES string of the molecule is COc1cc(C(=O)C2C(C)(C)C2(C)C)c(OC)cc1Br. The summed E-state index contributed by atoms with van der Waals surface area (Å²) >= 11 is 3.41. The molecule has 1 aliphatic rings. The van der Waals surface area contributed by atoms with Gasteiger partial charge in [0, 0.05) is 5.92 Å². The summed E-state index contributed by atoms with van der Waals surface area (Å²) < 4.78 is 11.4. The number of halogens is 1. The molecule has 3 nitrogen and oxygen atoms in total. The van der Waals surface area contributed by atoms with Crippen molar-refractivity contribution >= 4 is 21.7 Å². The van der Waals surface area contributed by atoms with Crippen LogP contribution in [0.4, 0.5) is 0 Å².